The molecular weight excluding hydrogens is 695 g/mol. The molecule has 0 N–H and O–H groups in total. The Labute approximate surface area is 259 Å². The fourth-order valence-corrected chi connectivity index (χ4v) is 5.35. The van der Waals surface area contributed by atoms with Crippen molar-refractivity contribution in [2.45, 2.75) is 13.8 Å². The molecule has 2 aromatic heterocycles. The summed E-state index contributed by atoms with van der Waals surface area (Å²) >= 11 is 0. The molecule has 4 aromatic carbocycles. The summed E-state index contributed by atoms with van der Waals surface area (Å²) < 4.78 is 12.7. The molecule has 4 nitrogen and oxygen atoms in total. The van der Waals surface area contributed by atoms with Gasteiger partial charge in [0.2, 0.25) is 6.71 Å². The number of pyridine rings is 2. The summed E-state index contributed by atoms with van der Waals surface area (Å²) in [5.41, 5.74) is 9.47. The molecule has 4 heterocycles. The topological polar surface area (TPSA) is 44.2 Å². The molecule has 2 aliphatic heterocycles. The molecule has 42 heavy (non-hydrogen) atoms. The second kappa shape index (κ2) is 11.8. The van der Waals surface area contributed by atoms with Crippen molar-refractivity contribution < 1.29 is 29.6 Å². The number of para-hydroxylation sites is 2. The van der Waals surface area contributed by atoms with Crippen molar-refractivity contribution in [2.75, 3.05) is 0 Å². The molecule has 6 heteroatoms. The predicted molar refractivity (Wildman–Crippen MR) is 164 cm³/mol. The van der Waals surface area contributed by atoms with E-state index in [-0.39, 0.29) is 26.8 Å². The third kappa shape index (κ3) is 5.05. The first-order valence-corrected chi connectivity index (χ1v) is 13.6. The van der Waals surface area contributed by atoms with Gasteiger partial charge in [0.25, 0.3) is 0 Å². The van der Waals surface area contributed by atoms with Gasteiger partial charge < -0.3 is 19.4 Å². The first kappa shape index (κ1) is 27.7. The number of fused-ring (bicyclic) bond motifs is 4. The Hall–Kier alpha value is -4.51. The number of benzene rings is 4. The molecular formula is C36H25BIrN2O2-2. The maximum absolute atomic E-state index is 6.44. The Bertz CT molecular complexity index is 1830. The Morgan fingerprint density at radius 1 is 0.667 bits per heavy atom. The molecule has 0 atom stereocenters. The molecule has 0 amide bonds. The van der Waals surface area contributed by atoms with Gasteiger partial charge in [0.15, 0.2) is 0 Å². The van der Waals surface area contributed by atoms with Crippen molar-refractivity contribution in [1.29, 1.82) is 0 Å². The first-order valence-electron chi connectivity index (χ1n) is 13.6. The molecule has 1 radical (unpaired) electrons. The van der Waals surface area contributed by atoms with Gasteiger partial charge in [-0.15, -0.1) is 48.0 Å². The summed E-state index contributed by atoms with van der Waals surface area (Å²) in [7, 11) is 0. The van der Waals surface area contributed by atoms with Crippen LogP contribution in [0.3, 0.4) is 0 Å². The van der Waals surface area contributed by atoms with E-state index in [0.717, 1.165) is 61.9 Å². The van der Waals surface area contributed by atoms with Gasteiger partial charge in [-0.2, -0.15) is 0 Å². The second-order valence-electron chi connectivity index (χ2n) is 10.1. The van der Waals surface area contributed by atoms with Crippen LogP contribution in [0.1, 0.15) is 11.1 Å². The van der Waals surface area contributed by atoms with E-state index in [9.17, 15) is 0 Å². The van der Waals surface area contributed by atoms with Crippen LogP contribution in [0.2, 0.25) is 0 Å². The summed E-state index contributed by atoms with van der Waals surface area (Å²) in [5.74, 6) is 3.35. The van der Waals surface area contributed by atoms with Crippen LogP contribution in [0.15, 0.2) is 116 Å². The van der Waals surface area contributed by atoms with Gasteiger partial charge in [-0.1, -0.05) is 71.2 Å². The zero-order chi connectivity index (χ0) is 27.8. The molecule has 0 fully saturated rings. The van der Waals surface area contributed by atoms with Crippen LogP contribution in [0.25, 0.3) is 22.5 Å². The van der Waals surface area contributed by atoms with Crippen molar-refractivity contribution in [1.82, 2.24) is 9.97 Å². The minimum Gasteiger partial charge on any atom is -0.503 e. The van der Waals surface area contributed by atoms with Crippen LogP contribution in [0.4, 0.5) is 0 Å². The Morgan fingerprint density at radius 3 is 2.07 bits per heavy atom. The van der Waals surface area contributed by atoms with Crippen LogP contribution in [0, 0.1) is 26.0 Å². The molecule has 0 saturated carbocycles. The molecule has 0 bridgehead atoms. The van der Waals surface area contributed by atoms with Gasteiger partial charge in [0, 0.05) is 44.0 Å². The quantitative estimate of drug-likeness (QED) is 0.153. The summed E-state index contributed by atoms with van der Waals surface area (Å²) in [6, 6.07) is 40.7. The summed E-state index contributed by atoms with van der Waals surface area (Å²) in [6.07, 6.45) is 3.70. The SMILES string of the molecule is Cc1cnc(-c2[c-]cc3c4c2Oc2ccccc2B4c2ccccc2O3)cc1C.[Ir].[c-]1ccccc1-c1ccccn1. The smallest absolute Gasteiger partial charge is 0.239 e. The van der Waals surface area contributed by atoms with E-state index in [0.29, 0.717) is 0 Å². The van der Waals surface area contributed by atoms with Gasteiger partial charge >= 0.3 is 0 Å². The van der Waals surface area contributed by atoms with E-state index in [1.54, 1.807) is 6.20 Å². The Balaban J connectivity index is 0.000000205. The first-order chi connectivity index (χ1) is 20.2. The van der Waals surface area contributed by atoms with Gasteiger partial charge in [0.1, 0.15) is 11.5 Å². The molecule has 0 saturated heterocycles. The number of aryl methyl sites for hydroxylation is 2. The molecule has 2 aliphatic rings. The van der Waals surface area contributed by atoms with Crippen LogP contribution in [-0.2, 0) is 20.1 Å². The molecule has 205 valence electrons. The van der Waals surface area contributed by atoms with Gasteiger partial charge in [-0.05, 0) is 59.9 Å². The molecule has 8 rings (SSSR count). The Kier molecular flexibility index (Phi) is 7.75. The molecule has 0 spiro atoms. The van der Waals surface area contributed by atoms with Crippen molar-refractivity contribution in [2.24, 2.45) is 0 Å². The maximum Gasteiger partial charge on any atom is 0.239 e. The normalized spacial score (nSPS) is 11.7. The maximum atomic E-state index is 6.44. The van der Waals surface area contributed by atoms with E-state index in [1.165, 1.54) is 11.1 Å². The van der Waals surface area contributed by atoms with Crippen molar-refractivity contribution in [3.63, 3.8) is 0 Å². The second-order valence-corrected chi connectivity index (χ2v) is 10.1. The number of hydrogen-bond donors (Lipinski definition) is 0. The predicted octanol–water partition coefficient (Wildman–Crippen LogP) is 6.44. The zero-order valence-corrected chi connectivity index (χ0v) is 25.5. The van der Waals surface area contributed by atoms with Crippen LogP contribution in [0.5, 0.6) is 23.0 Å². The zero-order valence-electron chi connectivity index (χ0n) is 23.1. The summed E-state index contributed by atoms with van der Waals surface area (Å²) in [6.45, 7) is 4.23. The average molecular weight is 721 g/mol. The molecule has 6 aromatic rings. The van der Waals surface area contributed by atoms with Crippen molar-refractivity contribution >= 4 is 23.1 Å². The van der Waals surface area contributed by atoms with E-state index < -0.39 is 0 Å². The minimum absolute atomic E-state index is 0. The Morgan fingerprint density at radius 2 is 1.38 bits per heavy atom. The van der Waals surface area contributed by atoms with Gasteiger partial charge in [-0.3, -0.25) is 0 Å². The number of hydrogen-bond acceptors (Lipinski definition) is 4. The fourth-order valence-electron chi connectivity index (χ4n) is 5.35. The standard InChI is InChI=1S/C25H17BNO2.C11H8N.Ir/c1-15-13-20(27-14-16(15)2)17-11-12-23-24-25(17)29-22-10-6-4-8-19(22)26(24)18-7-3-5-9-21(18)28-23;1-2-6-10(7-3-1)11-8-4-5-9-12-11;/h3-10,12-14H,1-2H3;1-6,8-9H;/q2*-1;. The number of rotatable bonds is 2. The molecule has 0 aliphatic carbocycles. The largest absolute Gasteiger partial charge is 0.503 e. The number of nitrogens with zero attached hydrogens (tertiary/aromatic N) is 2. The van der Waals surface area contributed by atoms with Crippen LogP contribution >= 0.6 is 0 Å². The van der Waals surface area contributed by atoms with E-state index in [4.69, 9.17) is 9.47 Å². The third-order valence-corrected chi connectivity index (χ3v) is 7.54. The van der Waals surface area contributed by atoms with Crippen molar-refractivity contribution in [3.8, 4) is 45.5 Å². The van der Waals surface area contributed by atoms with E-state index >= 15 is 0 Å². The monoisotopic (exact) mass is 721 g/mol. The van der Waals surface area contributed by atoms with Gasteiger partial charge in [0.05, 0.1) is 0 Å². The average Bonchev–Trinajstić information content (AvgIpc) is 3.03. The fraction of sp³-hybridized carbons (Fsp3) is 0.0556. The van der Waals surface area contributed by atoms with Crippen LogP contribution < -0.4 is 25.9 Å². The molecule has 0 unspecified atom stereocenters. The summed E-state index contributed by atoms with van der Waals surface area (Å²) in [5, 5.41) is 0. The minimum atomic E-state index is 0. The summed E-state index contributed by atoms with van der Waals surface area (Å²) in [4.78, 5) is 8.88. The van der Waals surface area contributed by atoms with Crippen LogP contribution in [-0.4, -0.2) is 16.7 Å². The van der Waals surface area contributed by atoms with Gasteiger partial charge in [-0.25, -0.2) is 0 Å². The number of aromatic nitrogens is 2. The third-order valence-electron chi connectivity index (χ3n) is 7.54. The van der Waals surface area contributed by atoms with Crippen molar-refractivity contribution in [3.05, 3.63) is 139 Å². The van der Waals surface area contributed by atoms with E-state index in [2.05, 4.69) is 66.3 Å². The number of ether oxygens (including phenoxy) is 2. The van der Waals surface area contributed by atoms with E-state index in [1.807, 2.05) is 79.0 Å².